The summed E-state index contributed by atoms with van der Waals surface area (Å²) in [5, 5.41) is 3.31. The third kappa shape index (κ3) is 4.21. The van der Waals surface area contributed by atoms with Gasteiger partial charge in [0.25, 0.3) is 10.0 Å². The van der Waals surface area contributed by atoms with Crippen molar-refractivity contribution in [3.05, 3.63) is 78.0 Å². The first-order valence-electron chi connectivity index (χ1n) is 8.38. The Kier molecular flexibility index (Phi) is 5.23. The van der Waals surface area contributed by atoms with Crippen molar-refractivity contribution < 1.29 is 8.42 Å². The number of hydrogen-bond donors (Lipinski definition) is 2. The molecule has 2 aromatic carbocycles. The van der Waals surface area contributed by atoms with E-state index in [1.165, 1.54) is 5.56 Å². The molecule has 0 radical (unpaired) electrons. The van der Waals surface area contributed by atoms with E-state index in [0.717, 1.165) is 23.4 Å². The predicted octanol–water partition coefficient (Wildman–Crippen LogP) is 4.50. The Hall–Kier alpha value is -2.86. The number of pyridine rings is 1. The lowest BCUT2D eigenvalue weighted by molar-refractivity contribution is 0.601. The molecule has 0 spiro atoms. The van der Waals surface area contributed by atoms with E-state index in [0.29, 0.717) is 0 Å². The van der Waals surface area contributed by atoms with Crippen molar-refractivity contribution in [1.82, 2.24) is 4.98 Å². The summed E-state index contributed by atoms with van der Waals surface area (Å²) in [4.78, 5) is 4.43. The minimum absolute atomic E-state index is 0.221. The Morgan fingerprint density at radius 1 is 1.00 bits per heavy atom. The molecule has 2 N–H and O–H groups in total. The fourth-order valence-corrected chi connectivity index (χ4v) is 3.73. The summed E-state index contributed by atoms with van der Waals surface area (Å²) in [7, 11) is -3.65. The largest absolute Gasteiger partial charge is 0.354 e. The van der Waals surface area contributed by atoms with Gasteiger partial charge in [-0.2, -0.15) is 0 Å². The fourth-order valence-electron chi connectivity index (χ4n) is 2.61. The van der Waals surface area contributed by atoms with Crippen LogP contribution in [0.25, 0.3) is 0 Å². The van der Waals surface area contributed by atoms with Crippen molar-refractivity contribution in [2.24, 2.45) is 0 Å². The Morgan fingerprint density at radius 2 is 1.81 bits per heavy atom. The lowest BCUT2D eigenvalue weighted by atomic mass is 10.1. The highest BCUT2D eigenvalue weighted by atomic mass is 32.2. The predicted molar refractivity (Wildman–Crippen MR) is 105 cm³/mol. The molecule has 0 atom stereocenters. The van der Waals surface area contributed by atoms with Gasteiger partial charge in [-0.05, 0) is 54.8 Å². The molecule has 0 amide bonds. The smallest absolute Gasteiger partial charge is 0.263 e. The zero-order chi connectivity index (χ0) is 18.6. The van der Waals surface area contributed by atoms with Gasteiger partial charge in [-0.1, -0.05) is 37.3 Å². The van der Waals surface area contributed by atoms with E-state index >= 15 is 0 Å². The molecule has 0 aliphatic carbocycles. The molecule has 0 bridgehead atoms. The molecular formula is C20H21N3O2S. The van der Waals surface area contributed by atoms with Gasteiger partial charge in [-0.25, -0.2) is 13.4 Å². The molecule has 0 saturated heterocycles. The van der Waals surface area contributed by atoms with E-state index in [4.69, 9.17) is 0 Å². The second kappa shape index (κ2) is 7.58. The van der Waals surface area contributed by atoms with Crippen molar-refractivity contribution in [3.8, 4) is 0 Å². The molecule has 134 valence electrons. The van der Waals surface area contributed by atoms with Crippen LogP contribution in [0.2, 0.25) is 0 Å². The Morgan fingerprint density at radius 3 is 2.50 bits per heavy atom. The van der Waals surface area contributed by atoms with Crippen molar-refractivity contribution in [2.45, 2.75) is 25.2 Å². The second-order valence-corrected chi connectivity index (χ2v) is 7.67. The summed E-state index contributed by atoms with van der Waals surface area (Å²) in [5.41, 5.74) is 3.90. The van der Waals surface area contributed by atoms with Crippen molar-refractivity contribution in [3.63, 3.8) is 0 Å². The maximum Gasteiger partial charge on any atom is 0.263 e. The maximum atomic E-state index is 12.4. The zero-order valence-electron chi connectivity index (χ0n) is 14.7. The van der Waals surface area contributed by atoms with Gasteiger partial charge in [-0.15, -0.1) is 0 Å². The standard InChI is InChI=1S/C20H21N3O2S/c1-3-16-8-4-5-10-19(16)22-17-11-12-20(21-14-17)23-26(24,25)18-9-6-7-15(2)13-18/h4-14,22H,3H2,1-2H3,(H,21,23). The fraction of sp³-hybridized carbons (Fsp3) is 0.150. The molecule has 1 aromatic heterocycles. The molecule has 1 heterocycles. The summed E-state index contributed by atoms with van der Waals surface area (Å²) >= 11 is 0. The number of nitrogens with one attached hydrogen (secondary N) is 2. The third-order valence-electron chi connectivity index (χ3n) is 3.98. The average molecular weight is 367 g/mol. The Bertz CT molecular complexity index is 1000. The molecular weight excluding hydrogens is 346 g/mol. The molecule has 26 heavy (non-hydrogen) atoms. The molecule has 0 aliphatic rings. The van der Waals surface area contributed by atoms with Gasteiger partial charge in [-0.3, -0.25) is 4.72 Å². The van der Waals surface area contributed by atoms with Crippen molar-refractivity contribution in [2.75, 3.05) is 10.0 Å². The number of hydrogen-bond acceptors (Lipinski definition) is 4. The molecule has 6 heteroatoms. The van der Waals surface area contributed by atoms with Gasteiger partial charge in [0.2, 0.25) is 0 Å². The highest BCUT2D eigenvalue weighted by Gasteiger charge is 2.14. The van der Waals surface area contributed by atoms with Gasteiger partial charge in [0.05, 0.1) is 16.8 Å². The number of anilines is 3. The zero-order valence-corrected chi connectivity index (χ0v) is 15.5. The summed E-state index contributed by atoms with van der Waals surface area (Å²) in [6.07, 6.45) is 2.53. The topological polar surface area (TPSA) is 71.1 Å². The van der Waals surface area contributed by atoms with Crippen LogP contribution in [-0.4, -0.2) is 13.4 Å². The highest BCUT2D eigenvalue weighted by Crippen LogP contribution is 2.22. The van der Waals surface area contributed by atoms with Crippen molar-refractivity contribution >= 4 is 27.2 Å². The van der Waals surface area contributed by atoms with E-state index in [1.54, 1.807) is 36.5 Å². The molecule has 0 aliphatic heterocycles. The van der Waals surface area contributed by atoms with Crippen LogP contribution in [0, 0.1) is 6.92 Å². The molecule has 3 aromatic rings. The number of para-hydroxylation sites is 1. The molecule has 0 unspecified atom stereocenters. The van der Waals surface area contributed by atoms with Crippen LogP contribution in [-0.2, 0) is 16.4 Å². The normalized spacial score (nSPS) is 11.2. The number of aryl methyl sites for hydroxylation is 2. The monoisotopic (exact) mass is 367 g/mol. The minimum atomic E-state index is -3.65. The number of nitrogens with zero attached hydrogens (tertiary/aromatic N) is 1. The quantitative estimate of drug-likeness (QED) is 0.673. The van der Waals surface area contributed by atoms with Crippen LogP contribution in [0.5, 0.6) is 0 Å². The Balaban J connectivity index is 1.75. The maximum absolute atomic E-state index is 12.4. The summed E-state index contributed by atoms with van der Waals surface area (Å²) in [6, 6.07) is 18.3. The van der Waals surface area contributed by atoms with E-state index in [9.17, 15) is 8.42 Å². The second-order valence-electron chi connectivity index (χ2n) is 5.99. The molecule has 0 saturated carbocycles. The van der Waals surface area contributed by atoms with Gasteiger partial charge in [0.1, 0.15) is 5.82 Å². The van der Waals surface area contributed by atoms with E-state index in [-0.39, 0.29) is 10.7 Å². The van der Waals surface area contributed by atoms with Gasteiger partial charge < -0.3 is 5.32 Å². The minimum Gasteiger partial charge on any atom is -0.354 e. The highest BCUT2D eigenvalue weighted by molar-refractivity contribution is 7.92. The van der Waals surface area contributed by atoms with Crippen LogP contribution in [0.4, 0.5) is 17.2 Å². The number of aromatic nitrogens is 1. The van der Waals surface area contributed by atoms with E-state index in [1.807, 2.05) is 31.2 Å². The van der Waals surface area contributed by atoms with Crippen LogP contribution in [0.3, 0.4) is 0 Å². The summed E-state index contributed by atoms with van der Waals surface area (Å²) in [5.74, 6) is 0.279. The third-order valence-corrected chi connectivity index (χ3v) is 5.33. The molecule has 5 nitrogen and oxygen atoms in total. The first kappa shape index (κ1) is 17.9. The first-order valence-corrected chi connectivity index (χ1v) is 9.87. The SMILES string of the molecule is CCc1ccccc1Nc1ccc(NS(=O)(=O)c2cccc(C)c2)nc1. The number of sulfonamides is 1. The number of benzene rings is 2. The first-order chi connectivity index (χ1) is 12.5. The van der Waals surface area contributed by atoms with E-state index < -0.39 is 10.0 Å². The molecule has 0 fully saturated rings. The van der Waals surface area contributed by atoms with Gasteiger partial charge in [0.15, 0.2) is 0 Å². The van der Waals surface area contributed by atoms with Crippen molar-refractivity contribution in [1.29, 1.82) is 0 Å². The summed E-state index contributed by atoms with van der Waals surface area (Å²) < 4.78 is 27.4. The van der Waals surface area contributed by atoms with E-state index in [2.05, 4.69) is 28.0 Å². The summed E-state index contributed by atoms with van der Waals surface area (Å²) in [6.45, 7) is 3.95. The van der Waals surface area contributed by atoms with Crippen LogP contribution < -0.4 is 10.0 Å². The van der Waals surface area contributed by atoms with Crippen LogP contribution in [0.15, 0.2) is 71.8 Å². The van der Waals surface area contributed by atoms with Gasteiger partial charge >= 0.3 is 0 Å². The average Bonchev–Trinajstić information content (AvgIpc) is 2.63. The number of rotatable bonds is 6. The van der Waals surface area contributed by atoms with Crippen LogP contribution in [0.1, 0.15) is 18.1 Å². The Labute approximate surface area is 154 Å². The lowest BCUT2D eigenvalue weighted by Crippen LogP contribution is -2.14. The van der Waals surface area contributed by atoms with Gasteiger partial charge in [0, 0.05) is 5.69 Å². The van der Waals surface area contributed by atoms with Crippen LogP contribution >= 0.6 is 0 Å². The molecule has 3 rings (SSSR count). The lowest BCUT2D eigenvalue weighted by Gasteiger charge is -2.12.